The molecule has 3 fully saturated rings. The molecule has 3 aliphatic rings. The zero-order valence-corrected chi connectivity index (χ0v) is 15.9. The minimum absolute atomic E-state index is 0.299. The van der Waals surface area contributed by atoms with E-state index in [1.165, 1.54) is 37.7 Å². The zero-order valence-electron chi connectivity index (χ0n) is 15.0. The van der Waals surface area contributed by atoms with E-state index in [-0.39, 0.29) is 0 Å². The molecule has 1 N–H and O–H groups in total. The second-order valence-corrected chi connectivity index (χ2v) is 8.79. The molecule has 138 valence electrons. The number of thiophene rings is 1. The molecular formula is C20H30N2O2S. The molecule has 0 unspecified atom stereocenters. The van der Waals surface area contributed by atoms with Crippen LogP contribution < -0.4 is 5.32 Å². The molecular weight excluding hydrogens is 332 g/mol. The lowest BCUT2D eigenvalue weighted by molar-refractivity contribution is -0.134. The van der Waals surface area contributed by atoms with Gasteiger partial charge in [-0.3, -0.25) is 4.79 Å². The predicted octanol–water partition coefficient (Wildman–Crippen LogP) is 3.57. The molecule has 4 rings (SSSR count). The van der Waals surface area contributed by atoms with Crippen LogP contribution in [0.15, 0.2) is 16.8 Å². The molecule has 2 aliphatic heterocycles. The molecule has 1 spiro atoms. The zero-order chi connectivity index (χ0) is 17.1. The fourth-order valence-electron chi connectivity index (χ4n) is 4.64. The lowest BCUT2D eigenvalue weighted by atomic mass is 9.93. The van der Waals surface area contributed by atoms with Gasteiger partial charge in [0.15, 0.2) is 0 Å². The Hall–Kier alpha value is -0.910. The van der Waals surface area contributed by atoms with Crippen LogP contribution in [0.4, 0.5) is 0 Å². The van der Waals surface area contributed by atoms with Gasteiger partial charge in [-0.05, 0) is 85.8 Å². The first-order valence-corrected chi connectivity index (χ1v) is 10.8. The van der Waals surface area contributed by atoms with Gasteiger partial charge in [-0.25, -0.2) is 0 Å². The molecule has 2 saturated heterocycles. The van der Waals surface area contributed by atoms with Crippen LogP contribution in [-0.2, 0) is 16.1 Å². The van der Waals surface area contributed by atoms with Crippen LogP contribution in [-0.4, -0.2) is 42.6 Å². The van der Waals surface area contributed by atoms with Crippen molar-refractivity contribution in [2.75, 3.05) is 19.7 Å². The van der Waals surface area contributed by atoms with Crippen molar-refractivity contribution in [2.45, 2.75) is 70.1 Å². The number of amides is 1. The highest BCUT2D eigenvalue weighted by Gasteiger charge is 2.57. The summed E-state index contributed by atoms with van der Waals surface area (Å²) in [5, 5.41) is 7.76. The Morgan fingerprint density at radius 2 is 2.24 bits per heavy atom. The summed E-state index contributed by atoms with van der Waals surface area (Å²) in [6.45, 7) is 3.86. The number of carbonyl (C=O) groups is 1. The summed E-state index contributed by atoms with van der Waals surface area (Å²) in [7, 11) is 0. The number of piperidine rings is 1. The van der Waals surface area contributed by atoms with E-state index in [2.05, 4.69) is 27.0 Å². The molecule has 2 atom stereocenters. The van der Waals surface area contributed by atoms with Crippen molar-refractivity contribution >= 4 is 17.2 Å². The molecule has 5 heteroatoms. The number of hydrogen-bond acceptors (Lipinski definition) is 4. The lowest BCUT2D eigenvalue weighted by Gasteiger charge is -2.30. The number of hydrogen-bond donors (Lipinski definition) is 1. The average molecular weight is 363 g/mol. The van der Waals surface area contributed by atoms with E-state index in [0.29, 0.717) is 29.9 Å². The summed E-state index contributed by atoms with van der Waals surface area (Å²) in [5.41, 5.74) is 1.68. The third-order valence-electron chi connectivity index (χ3n) is 6.33. The number of ether oxygens (including phenoxy) is 1. The molecule has 25 heavy (non-hydrogen) atoms. The summed E-state index contributed by atoms with van der Waals surface area (Å²) in [4.78, 5) is 15.3. The molecule has 0 aromatic carbocycles. The van der Waals surface area contributed by atoms with Crippen molar-refractivity contribution in [1.82, 2.24) is 10.2 Å². The predicted molar refractivity (Wildman–Crippen MR) is 101 cm³/mol. The monoisotopic (exact) mass is 362 g/mol. The molecule has 0 bridgehead atoms. The first-order valence-electron chi connectivity index (χ1n) is 9.90. The van der Waals surface area contributed by atoms with Crippen molar-refractivity contribution in [3.05, 3.63) is 22.4 Å². The first kappa shape index (κ1) is 17.5. The van der Waals surface area contributed by atoms with Crippen LogP contribution in [0.1, 0.15) is 56.9 Å². The van der Waals surface area contributed by atoms with Gasteiger partial charge >= 0.3 is 0 Å². The van der Waals surface area contributed by atoms with E-state index in [9.17, 15) is 4.79 Å². The van der Waals surface area contributed by atoms with Gasteiger partial charge in [0.1, 0.15) is 0 Å². The van der Waals surface area contributed by atoms with Crippen molar-refractivity contribution in [3.63, 3.8) is 0 Å². The Bertz CT molecular complexity index is 562. The number of carbonyl (C=O) groups excluding carboxylic acids is 1. The SMILES string of the molecule is O=C(CC[C@@H]1CCCCO1)N(Cc1ccsc1)[C@@H]1CC12CCNCC2. The van der Waals surface area contributed by atoms with Gasteiger partial charge in [0.25, 0.3) is 0 Å². The summed E-state index contributed by atoms with van der Waals surface area (Å²) < 4.78 is 5.82. The molecule has 1 saturated carbocycles. The quantitative estimate of drug-likeness (QED) is 0.841. The lowest BCUT2D eigenvalue weighted by Crippen LogP contribution is -2.39. The van der Waals surface area contributed by atoms with E-state index in [1.54, 1.807) is 11.3 Å². The second kappa shape index (κ2) is 7.77. The molecule has 1 aromatic rings. The normalized spacial score (nSPS) is 28.0. The van der Waals surface area contributed by atoms with Gasteiger partial charge in [0, 0.05) is 25.6 Å². The minimum Gasteiger partial charge on any atom is -0.378 e. The smallest absolute Gasteiger partial charge is 0.223 e. The third-order valence-corrected chi connectivity index (χ3v) is 7.06. The fourth-order valence-corrected chi connectivity index (χ4v) is 5.30. The highest BCUT2D eigenvalue weighted by atomic mass is 32.1. The molecule has 4 nitrogen and oxygen atoms in total. The van der Waals surface area contributed by atoms with Gasteiger partial charge in [-0.15, -0.1) is 0 Å². The Balaban J connectivity index is 1.39. The maximum Gasteiger partial charge on any atom is 0.223 e. The Morgan fingerprint density at radius 1 is 1.36 bits per heavy atom. The third kappa shape index (κ3) is 4.09. The van der Waals surface area contributed by atoms with Crippen molar-refractivity contribution < 1.29 is 9.53 Å². The number of rotatable bonds is 6. The Morgan fingerprint density at radius 3 is 2.96 bits per heavy atom. The summed E-state index contributed by atoms with van der Waals surface area (Å²) in [6.07, 6.45) is 9.01. The summed E-state index contributed by atoms with van der Waals surface area (Å²) in [5.74, 6) is 0.334. The maximum absolute atomic E-state index is 13.1. The average Bonchev–Trinajstić information content (AvgIpc) is 3.08. The first-order chi connectivity index (χ1) is 12.3. The molecule has 3 heterocycles. The van der Waals surface area contributed by atoms with E-state index < -0.39 is 0 Å². The van der Waals surface area contributed by atoms with E-state index in [0.717, 1.165) is 39.1 Å². The maximum atomic E-state index is 13.1. The summed E-state index contributed by atoms with van der Waals surface area (Å²) >= 11 is 1.72. The highest BCUT2D eigenvalue weighted by molar-refractivity contribution is 7.07. The second-order valence-electron chi connectivity index (χ2n) is 8.01. The van der Waals surface area contributed by atoms with Gasteiger partial charge in [0.2, 0.25) is 5.91 Å². The topological polar surface area (TPSA) is 41.6 Å². The van der Waals surface area contributed by atoms with Gasteiger partial charge in [-0.2, -0.15) is 11.3 Å². The highest BCUT2D eigenvalue weighted by Crippen LogP contribution is 2.56. The van der Waals surface area contributed by atoms with Gasteiger partial charge < -0.3 is 15.0 Å². The largest absolute Gasteiger partial charge is 0.378 e. The molecule has 0 radical (unpaired) electrons. The van der Waals surface area contributed by atoms with E-state index in [4.69, 9.17) is 4.74 Å². The van der Waals surface area contributed by atoms with Crippen molar-refractivity contribution in [2.24, 2.45) is 5.41 Å². The van der Waals surface area contributed by atoms with Crippen molar-refractivity contribution in [1.29, 1.82) is 0 Å². The van der Waals surface area contributed by atoms with Crippen molar-refractivity contribution in [3.8, 4) is 0 Å². The fraction of sp³-hybridized carbons (Fsp3) is 0.750. The molecule has 1 aliphatic carbocycles. The molecule has 1 amide bonds. The van der Waals surface area contributed by atoms with Crippen LogP contribution in [0.2, 0.25) is 0 Å². The summed E-state index contributed by atoms with van der Waals surface area (Å²) in [6, 6.07) is 2.61. The van der Waals surface area contributed by atoms with Gasteiger partial charge in [0.05, 0.1) is 6.10 Å². The van der Waals surface area contributed by atoms with Crippen LogP contribution in [0, 0.1) is 5.41 Å². The van der Waals surface area contributed by atoms with Gasteiger partial charge in [-0.1, -0.05) is 0 Å². The minimum atomic E-state index is 0.299. The van der Waals surface area contributed by atoms with Crippen LogP contribution in [0.5, 0.6) is 0 Å². The Labute approximate surface area is 154 Å². The van der Waals surface area contributed by atoms with E-state index >= 15 is 0 Å². The van der Waals surface area contributed by atoms with Crippen LogP contribution in [0.3, 0.4) is 0 Å². The van der Waals surface area contributed by atoms with E-state index in [1.807, 2.05) is 0 Å². The number of nitrogens with zero attached hydrogens (tertiary/aromatic N) is 1. The van der Waals surface area contributed by atoms with Crippen LogP contribution in [0.25, 0.3) is 0 Å². The van der Waals surface area contributed by atoms with Crippen LogP contribution >= 0.6 is 11.3 Å². The number of nitrogens with one attached hydrogen (secondary N) is 1. The standard InChI is InChI=1S/C20H30N2O2S/c23-19(5-4-17-3-1-2-11-24-17)22(14-16-6-12-25-15-16)18-13-20(18)7-9-21-10-8-20/h6,12,15,17-18,21H,1-5,7-11,13-14H2/t17-,18+/m0/s1. The Kier molecular flexibility index (Phi) is 5.44. The molecule has 1 aromatic heterocycles.